The van der Waals surface area contributed by atoms with E-state index in [0.29, 0.717) is 0 Å². The molecule has 0 aliphatic heterocycles. The van der Waals surface area contributed by atoms with Crippen molar-refractivity contribution in [3.8, 4) is 0 Å². The fourth-order valence-electron chi connectivity index (χ4n) is 0. The third-order valence-corrected chi connectivity index (χ3v) is 0. The Labute approximate surface area is 135 Å². The van der Waals surface area contributed by atoms with Crippen molar-refractivity contribution in [2.45, 2.75) is 26.2 Å². The molecule has 0 amide bonds. The molecule has 4 nitrogen and oxygen atoms in total. The van der Waals surface area contributed by atoms with Crippen LogP contribution in [0.5, 0.6) is 0 Å². The third kappa shape index (κ3) is 1170. The number of hydrogen-bond donors (Lipinski definition) is 4. The van der Waals surface area contributed by atoms with E-state index in [0.717, 1.165) is 0 Å². The van der Waals surface area contributed by atoms with Gasteiger partial charge in [0.05, 0.1) is 0 Å². The normalized spacial score (nSPS) is 7.50. The van der Waals surface area contributed by atoms with Crippen LogP contribution in [0.4, 0.5) is 0 Å². The average Bonchev–Trinajstić information content (AvgIpc) is 1.12. The molecule has 16 heavy (non-hydrogen) atoms. The molecule has 8 heteroatoms. The van der Waals surface area contributed by atoms with Crippen molar-refractivity contribution in [3.63, 3.8) is 0 Å². The Morgan fingerprint density at radius 1 is 0.500 bits per heavy atom. The Bertz CT molecular complexity index is 71.0. The molecular formula is C8H28O4Si2Ti2. The van der Waals surface area contributed by atoms with E-state index in [-0.39, 0.29) is 73.1 Å². The Morgan fingerprint density at radius 2 is 0.500 bits per heavy atom. The van der Waals surface area contributed by atoms with Crippen molar-refractivity contribution < 1.29 is 62.6 Å². The minimum absolute atomic E-state index is 0. The standard InChI is InChI=1S/2C2H8O2Si.4CH3.2Ti/c2*1-5(2,3)4;;;;;;/h2*3-4H,1-2H3;4*1H3;;/q;;4*-1;2*+2. The van der Waals surface area contributed by atoms with Gasteiger partial charge in [-0.15, -0.1) is 0 Å². The summed E-state index contributed by atoms with van der Waals surface area (Å²) in [5.74, 6) is 0. The SMILES string of the molecule is C[Si](C)(O)O.C[Si](C)(O)O.[CH3-].[CH3-].[CH3-].[CH3-].[Ti+2].[Ti+2]. The Balaban J connectivity index is -0.00000000970. The first-order valence-corrected chi connectivity index (χ1v) is 8.68. The molecule has 0 heterocycles. The summed E-state index contributed by atoms with van der Waals surface area (Å²) in [6.07, 6.45) is 0. The van der Waals surface area contributed by atoms with Gasteiger partial charge in [-0.1, -0.05) is 0 Å². The molecule has 0 saturated carbocycles. The van der Waals surface area contributed by atoms with Crippen molar-refractivity contribution >= 4 is 17.1 Å². The van der Waals surface area contributed by atoms with Crippen LogP contribution in [0.25, 0.3) is 0 Å². The van der Waals surface area contributed by atoms with Gasteiger partial charge in [-0.05, 0) is 26.2 Å². The van der Waals surface area contributed by atoms with Gasteiger partial charge in [-0.2, -0.15) is 0 Å². The van der Waals surface area contributed by atoms with Gasteiger partial charge in [0.25, 0.3) is 0 Å². The predicted molar refractivity (Wildman–Crippen MR) is 69.5 cm³/mol. The van der Waals surface area contributed by atoms with E-state index in [4.69, 9.17) is 19.2 Å². The van der Waals surface area contributed by atoms with Crippen LogP contribution in [0.15, 0.2) is 0 Å². The summed E-state index contributed by atoms with van der Waals surface area (Å²) in [4.78, 5) is 32.9. The monoisotopic (exact) mass is 340 g/mol. The molecule has 0 aliphatic carbocycles. The van der Waals surface area contributed by atoms with Gasteiger partial charge in [0.1, 0.15) is 0 Å². The van der Waals surface area contributed by atoms with E-state index in [2.05, 4.69) is 0 Å². The molecule has 0 bridgehead atoms. The fourth-order valence-corrected chi connectivity index (χ4v) is 0. The van der Waals surface area contributed by atoms with Crippen LogP contribution >= 0.6 is 0 Å². The van der Waals surface area contributed by atoms with Crippen LogP contribution in [0.3, 0.4) is 0 Å². The quantitative estimate of drug-likeness (QED) is 0.394. The zero-order valence-corrected chi connectivity index (χ0v) is 16.9. The number of hydrogen-bond acceptors (Lipinski definition) is 4. The first-order chi connectivity index (χ1) is 4.00. The molecule has 0 atom stereocenters. The molecule has 0 radical (unpaired) electrons. The van der Waals surface area contributed by atoms with Gasteiger partial charge in [-0.3, -0.25) is 0 Å². The summed E-state index contributed by atoms with van der Waals surface area (Å²) < 4.78 is 0. The maximum Gasteiger partial charge on any atom is 2.00 e. The molecule has 0 unspecified atom stereocenters. The topological polar surface area (TPSA) is 80.9 Å². The van der Waals surface area contributed by atoms with Crippen molar-refractivity contribution in [2.75, 3.05) is 0 Å². The van der Waals surface area contributed by atoms with E-state index < -0.39 is 17.1 Å². The maximum atomic E-state index is 8.22. The maximum absolute atomic E-state index is 8.22. The molecular weight excluding hydrogens is 312 g/mol. The van der Waals surface area contributed by atoms with Crippen molar-refractivity contribution in [1.82, 2.24) is 0 Å². The summed E-state index contributed by atoms with van der Waals surface area (Å²) in [5, 5.41) is 0. The zero-order chi connectivity index (χ0) is 9.00. The van der Waals surface area contributed by atoms with E-state index in [1.54, 1.807) is 0 Å². The number of rotatable bonds is 0. The van der Waals surface area contributed by atoms with Gasteiger partial charge in [0.2, 0.25) is 0 Å². The molecule has 0 fully saturated rings. The minimum Gasteiger partial charge on any atom is -0.411 e. The molecule has 4 N–H and O–H groups in total. The van der Waals surface area contributed by atoms with Gasteiger partial charge >= 0.3 is 60.6 Å². The molecule has 0 saturated heterocycles. The summed E-state index contributed by atoms with van der Waals surface area (Å²) >= 11 is 0. The Morgan fingerprint density at radius 3 is 0.500 bits per heavy atom. The Hall–Kier alpha value is 1.70. The minimum atomic E-state index is -2.61. The summed E-state index contributed by atoms with van der Waals surface area (Å²) in [6, 6.07) is 0. The van der Waals surface area contributed by atoms with E-state index in [9.17, 15) is 0 Å². The van der Waals surface area contributed by atoms with Gasteiger partial charge in [0, 0.05) is 0 Å². The Kier molecular flexibility index (Phi) is 71.9. The van der Waals surface area contributed by atoms with Gasteiger partial charge < -0.3 is 48.9 Å². The molecule has 0 aromatic rings. The largest absolute Gasteiger partial charge is 2.00 e. The van der Waals surface area contributed by atoms with Crippen LogP contribution < -0.4 is 0 Å². The van der Waals surface area contributed by atoms with Crippen LogP contribution in [0.1, 0.15) is 0 Å². The first kappa shape index (κ1) is 52.5. The second-order valence-corrected chi connectivity index (χ2v) is 8.97. The molecule has 0 rings (SSSR count). The summed E-state index contributed by atoms with van der Waals surface area (Å²) in [7, 11) is -5.22. The first-order valence-electron chi connectivity index (χ1n) is 2.89. The van der Waals surface area contributed by atoms with Crippen molar-refractivity contribution in [2.24, 2.45) is 0 Å². The molecule has 0 aromatic carbocycles. The molecule has 100 valence electrons. The van der Waals surface area contributed by atoms with Crippen molar-refractivity contribution in [3.05, 3.63) is 29.7 Å². The van der Waals surface area contributed by atoms with Crippen LogP contribution in [0.2, 0.25) is 26.2 Å². The van der Waals surface area contributed by atoms with E-state index >= 15 is 0 Å². The van der Waals surface area contributed by atoms with Crippen LogP contribution in [-0.4, -0.2) is 36.3 Å². The van der Waals surface area contributed by atoms with E-state index in [1.165, 1.54) is 26.2 Å². The second kappa shape index (κ2) is 21.9. The van der Waals surface area contributed by atoms with Crippen LogP contribution in [-0.2, 0) is 43.4 Å². The zero-order valence-electron chi connectivity index (χ0n) is 11.8. The smallest absolute Gasteiger partial charge is 0.411 e. The molecule has 0 spiro atoms. The predicted octanol–water partition coefficient (Wildman–Crippen LogP) is 1.14. The third-order valence-electron chi connectivity index (χ3n) is 0. The van der Waals surface area contributed by atoms with Crippen molar-refractivity contribution in [1.29, 1.82) is 0 Å². The summed E-state index contributed by atoms with van der Waals surface area (Å²) in [6.45, 7) is 5.75. The molecule has 0 aromatic heterocycles. The fraction of sp³-hybridized carbons (Fsp3) is 0.500. The summed E-state index contributed by atoms with van der Waals surface area (Å²) in [5.41, 5.74) is 0. The molecule has 0 aliphatic rings. The average molecular weight is 340 g/mol. The second-order valence-electron chi connectivity index (χ2n) is 2.99. The van der Waals surface area contributed by atoms with E-state index in [1.807, 2.05) is 0 Å². The van der Waals surface area contributed by atoms with Gasteiger partial charge in [-0.25, -0.2) is 0 Å². The van der Waals surface area contributed by atoms with Crippen LogP contribution in [0, 0.1) is 29.7 Å². The van der Waals surface area contributed by atoms with Gasteiger partial charge in [0.15, 0.2) is 0 Å².